The number of pyridine rings is 2. The molecule has 2 aliphatic rings. The Morgan fingerprint density at radius 3 is 1.77 bits per heavy atom. The summed E-state index contributed by atoms with van der Waals surface area (Å²) in [7, 11) is -3.50. The second kappa shape index (κ2) is 14.5. The van der Waals surface area contributed by atoms with E-state index in [9.17, 15) is 0 Å². The molecule has 6 heteroatoms. The van der Waals surface area contributed by atoms with Crippen molar-refractivity contribution in [1.29, 1.82) is 0 Å². The smallest absolute Gasteiger partial charge is 0.171 e. The van der Waals surface area contributed by atoms with Crippen LogP contribution in [-0.4, -0.2) is 9.97 Å². The van der Waals surface area contributed by atoms with E-state index >= 15 is 4.57 Å². The zero-order valence-electron chi connectivity index (χ0n) is 35.0. The molecule has 2 aliphatic heterocycles. The van der Waals surface area contributed by atoms with Crippen molar-refractivity contribution in [1.82, 2.24) is 9.97 Å². The summed E-state index contributed by atoms with van der Waals surface area (Å²) < 4.78 is 23.4. The first-order chi connectivity index (χ1) is 32.1. The van der Waals surface area contributed by atoms with E-state index in [1.54, 1.807) is 0 Å². The Hall–Kier alpha value is -8.11. The van der Waals surface area contributed by atoms with Gasteiger partial charge in [0.25, 0.3) is 0 Å². The van der Waals surface area contributed by atoms with Gasteiger partial charge in [0.05, 0.1) is 28.2 Å². The van der Waals surface area contributed by atoms with Crippen molar-refractivity contribution >= 4 is 62.1 Å². The summed E-state index contributed by atoms with van der Waals surface area (Å²) >= 11 is 0. The van der Waals surface area contributed by atoms with Gasteiger partial charge in [-0.05, 0) is 118 Å². The van der Waals surface area contributed by atoms with Crippen molar-refractivity contribution < 1.29 is 8.98 Å². The molecule has 11 aromatic rings. The summed E-state index contributed by atoms with van der Waals surface area (Å²) in [6.07, 6.45) is 3.68. The highest BCUT2D eigenvalue weighted by molar-refractivity contribution is 7.85. The van der Waals surface area contributed by atoms with Gasteiger partial charge in [-0.15, -0.1) is 0 Å². The van der Waals surface area contributed by atoms with Gasteiger partial charge in [-0.25, -0.2) is 0 Å². The molecule has 0 radical (unpaired) electrons. The molecule has 306 valence electrons. The van der Waals surface area contributed by atoms with Crippen molar-refractivity contribution in [3.05, 3.63) is 253 Å². The lowest BCUT2D eigenvalue weighted by Gasteiger charge is -2.50. The van der Waals surface area contributed by atoms with E-state index in [2.05, 4.69) is 150 Å². The van der Waals surface area contributed by atoms with E-state index < -0.39 is 12.6 Å². The fourth-order valence-electron chi connectivity index (χ4n) is 10.6. The average molecular weight is 852 g/mol. The number of furan rings is 1. The van der Waals surface area contributed by atoms with Crippen molar-refractivity contribution in [2.24, 2.45) is 0 Å². The Bertz CT molecular complexity index is 3650. The van der Waals surface area contributed by atoms with Crippen LogP contribution in [0.4, 0.5) is 17.1 Å². The molecule has 0 saturated heterocycles. The fraction of sp³-hybridized carbons (Fsp3) is 0.0169. The van der Waals surface area contributed by atoms with Crippen LogP contribution >= 0.6 is 7.14 Å². The first-order valence-electron chi connectivity index (χ1n) is 21.9. The van der Waals surface area contributed by atoms with Crippen LogP contribution in [0.3, 0.4) is 0 Å². The number of anilines is 3. The SMILES string of the molecule is O=P1(c2ccccc2)c2ccccc2C2(c3ccccc3N(c3ccccc3)c3cc(-c4cc(-c5ccccn5)cc(-c5ccccn5)c4)ccc32)c2cc3c(cc21)oc1ccccc13. The lowest BCUT2D eigenvalue weighted by atomic mass is 9.61. The monoisotopic (exact) mass is 851 g/mol. The van der Waals surface area contributed by atoms with Crippen LogP contribution in [0, 0.1) is 0 Å². The molecule has 5 nitrogen and oxygen atoms in total. The molecular formula is C59H38N3O2P. The summed E-state index contributed by atoms with van der Waals surface area (Å²) in [5.74, 6) is 0. The summed E-state index contributed by atoms with van der Waals surface area (Å²) in [6, 6.07) is 76.1. The molecule has 0 bridgehead atoms. The van der Waals surface area contributed by atoms with E-state index in [1.807, 2.05) is 85.2 Å². The summed E-state index contributed by atoms with van der Waals surface area (Å²) in [4.78, 5) is 12.0. The Balaban J connectivity index is 1.16. The molecule has 5 heterocycles. The maximum Gasteiger partial charge on any atom is 0.171 e. The molecule has 13 rings (SSSR count). The second-order valence-corrected chi connectivity index (χ2v) is 19.5. The Morgan fingerprint density at radius 1 is 0.415 bits per heavy atom. The second-order valence-electron chi connectivity index (χ2n) is 16.8. The van der Waals surface area contributed by atoms with Gasteiger partial charge >= 0.3 is 0 Å². The van der Waals surface area contributed by atoms with Crippen LogP contribution in [0.2, 0.25) is 0 Å². The maximum atomic E-state index is 16.7. The first kappa shape index (κ1) is 37.4. The van der Waals surface area contributed by atoms with E-state index in [4.69, 9.17) is 14.4 Å². The zero-order chi connectivity index (χ0) is 43.1. The topological polar surface area (TPSA) is 59.2 Å². The lowest BCUT2D eigenvalue weighted by Crippen LogP contribution is -2.49. The van der Waals surface area contributed by atoms with Crippen LogP contribution in [0.1, 0.15) is 22.3 Å². The maximum absolute atomic E-state index is 16.7. The third kappa shape index (κ3) is 5.49. The van der Waals surface area contributed by atoms with Crippen molar-refractivity contribution in [2.75, 3.05) is 4.90 Å². The minimum Gasteiger partial charge on any atom is -0.456 e. The molecule has 8 aromatic carbocycles. The molecule has 0 N–H and O–H groups in total. The highest BCUT2D eigenvalue weighted by atomic mass is 31.2. The zero-order valence-corrected chi connectivity index (χ0v) is 35.9. The predicted molar refractivity (Wildman–Crippen MR) is 265 cm³/mol. The van der Waals surface area contributed by atoms with Crippen LogP contribution in [0.5, 0.6) is 0 Å². The van der Waals surface area contributed by atoms with Gasteiger partial charge in [-0.3, -0.25) is 9.97 Å². The molecule has 65 heavy (non-hydrogen) atoms. The normalized spacial score (nSPS) is 17.1. The number of para-hydroxylation sites is 3. The number of benzene rings is 8. The number of nitrogens with zero attached hydrogens (tertiary/aromatic N) is 3. The third-order valence-corrected chi connectivity index (χ3v) is 16.5. The minimum absolute atomic E-state index is 0.720. The van der Waals surface area contributed by atoms with Gasteiger partial charge in [0, 0.05) is 55.9 Å². The van der Waals surface area contributed by atoms with E-state index in [0.29, 0.717) is 0 Å². The van der Waals surface area contributed by atoms with Crippen LogP contribution < -0.4 is 20.8 Å². The van der Waals surface area contributed by atoms with Gasteiger partial charge in [0.1, 0.15) is 11.2 Å². The minimum atomic E-state index is -3.50. The highest BCUT2D eigenvalue weighted by Gasteiger charge is 2.55. The Labute approximate surface area is 376 Å². The number of fused-ring (bicyclic) bond motifs is 11. The first-order valence-corrected chi connectivity index (χ1v) is 23.6. The molecule has 3 aromatic heterocycles. The third-order valence-electron chi connectivity index (χ3n) is 13.4. The van der Waals surface area contributed by atoms with Crippen molar-refractivity contribution in [2.45, 2.75) is 5.41 Å². The molecule has 0 amide bonds. The molecular weight excluding hydrogens is 814 g/mol. The molecule has 0 saturated carbocycles. The standard InChI is InChI=1S/C59H38N3O2P/c63-65(44-19-5-2-6-20-44)57-28-12-9-23-49(57)59(50-37-46-45-21-7-11-27-55(45)64-56(46)38-58(50)65)47-22-8-10-26-53(47)62(43-17-3-1-4-18-43)54-36-39(29-30-48(54)59)40-33-41(51-24-13-15-31-60-51)35-42(34-40)52-25-14-16-32-61-52/h1-38H. The Morgan fingerprint density at radius 2 is 1.03 bits per heavy atom. The summed E-state index contributed by atoms with van der Waals surface area (Å²) in [5.41, 5.74) is 13.8. The molecule has 2 unspecified atom stereocenters. The van der Waals surface area contributed by atoms with Crippen molar-refractivity contribution in [3.63, 3.8) is 0 Å². The fourth-order valence-corrected chi connectivity index (χ4v) is 13.8. The van der Waals surface area contributed by atoms with Crippen LogP contribution in [0.15, 0.2) is 235 Å². The van der Waals surface area contributed by atoms with Gasteiger partial charge in [0.2, 0.25) is 0 Å². The van der Waals surface area contributed by atoms with E-state index in [0.717, 1.165) is 111 Å². The summed E-state index contributed by atoms with van der Waals surface area (Å²) in [6.45, 7) is 0. The quantitative estimate of drug-likeness (QED) is 0.161. The number of hydrogen-bond acceptors (Lipinski definition) is 5. The van der Waals surface area contributed by atoms with Gasteiger partial charge < -0.3 is 13.9 Å². The lowest BCUT2D eigenvalue weighted by molar-refractivity contribution is 0.590. The molecule has 0 fully saturated rings. The Kier molecular flexibility index (Phi) is 8.33. The molecule has 2 atom stereocenters. The predicted octanol–water partition coefficient (Wildman–Crippen LogP) is 13.5. The van der Waals surface area contributed by atoms with Crippen molar-refractivity contribution in [3.8, 4) is 33.6 Å². The molecule has 0 aliphatic carbocycles. The van der Waals surface area contributed by atoms with E-state index in [1.165, 1.54) is 0 Å². The highest BCUT2D eigenvalue weighted by Crippen LogP contribution is 2.63. The van der Waals surface area contributed by atoms with Crippen LogP contribution in [-0.2, 0) is 9.98 Å². The number of hydrogen-bond donors (Lipinski definition) is 0. The summed E-state index contributed by atoms with van der Waals surface area (Å²) in [5, 5.41) is 4.43. The van der Waals surface area contributed by atoms with Crippen LogP contribution in [0.25, 0.3) is 55.6 Å². The molecule has 1 spiro atoms. The van der Waals surface area contributed by atoms with Gasteiger partial charge in [-0.2, -0.15) is 0 Å². The van der Waals surface area contributed by atoms with Gasteiger partial charge in [0.15, 0.2) is 7.14 Å². The van der Waals surface area contributed by atoms with Gasteiger partial charge in [-0.1, -0.05) is 133 Å². The number of rotatable bonds is 5. The largest absolute Gasteiger partial charge is 0.456 e. The average Bonchev–Trinajstić information content (AvgIpc) is 3.75. The number of aromatic nitrogens is 2. The van der Waals surface area contributed by atoms with E-state index in [-0.39, 0.29) is 0 Å².